The van der Waals surface area contributed by atoms with Crippen LogP contribution in [0.1, 0.15) is 69.4 Å². The minimum absolute atomic E-state index is 0.431. The number of allylic oxidation sites excluding steroid dienone is 5. The zero-order valence-electron chi connectivity index (χ0n) is 17.7. The molecule has 0 N–H and O–H groups in total. The Kier molecular flexibility index (Phi) is 6.59. The summed E-state index contributed by atoms with van der Waals surface area (Å²) in [5.41, 5.74) is 6.85. The number of ketones is 1. The van der Waals surface area contributed by atoms with Gasteiger partial charge in [-0.25, -0.2) is 0 Å². The highest BCUT2D eigenvalue weighted by Gasteiger charge is 2.29. The molecule has 1 heterocycles. The standard InChI is InChI=1S/C27H33NO/c1-2-20-7-3-8-21(17-20)14-15-25(29)19-22-9-4-11-24(18-22)27-26-13-5-10-23(26)12-6-16-28-27/h3,5-8,13,16-17,22,24H,2,4,9-12,14-15,18-19H2,1H3/t22-,24?/m1/s1. The molecular formula is C27H33NO. The molecule has 29 heavy (non-hydrogen) atoms. The Hall–Kier alpha value is -2.22. The van der Waals surface area contributed by atoms with Crippen LogP contribution in [0.3, 0.4) is 0 Å². The van der Waals surface area contributed by atoms with Crippen molar-refractivity contribution in [3.8, 4) is 0 Å². The molecule has 0 spiro atoms. The van der Waals surface area contributed by atoms with Crippen molar-refractivity contribution in [3.05, 3.63) is 71.0 Å². The van der Waals surface area contributed by atoms with Crippen LogP contribution < -0.4 is 0 Å². The molecule has 1 aromatic rings. The van der Waals surface area contributed by atoms with Crippen molar-refractivity contribution in [1.29, 1.82) is 0 Å². The summed E-state index contributed by atoms with van der Waals surface area (Å²) < 4.78 is 0. The Morgan fingerprint density at radius 2 is 2.00 bits per heavy atom. The molecular weight excluding hydrogens is 354 g/mol. The summed E-state index contributed by atoms with van der Waals surface area (Å²) >= 11 is 0. The quantitative estimate of drug-likeness (QED) is 0.521. The van der Waals surface area contributed by atoms with E-state index in [1.54, 1.807) is 0 Å². The van der Waals surface area contributed by atoms with Gasteiger partial charge < -0.3 is 0 Å². The Bertz CT molecular complexity index is 870. The van der Waals surface area contributed by atoms with Crippen LogP contribution in [0, 0.1) is 11.8 Å². The number of aryl methyl sites for hydroxylation is 2. The average molecular weight is 388 g/mol. The van der Waals surface area contributed by atoms with Gasteiger partial charge in [0.15, 0.2) is 0 Å². The van der Waals surface area contributed by atoms with Crippen LogP contribution in [0.5, 0.6) is 0 Å². The maximum absolute atomic E-state index is 12.7. The smallest absolute Gasteiger partial charge is 0.133 e. The van der Waals surface area contributed by atoms with Gasteiger partial charge in [0.1, 0.15) is 5.78 Å². The maximum Gasteiger partial charge on any atom is 0.133 e. The number of carbonyl (C=O) groups is 1. The largest absolute Gasteiger partial charge is 0.300 e. The molecule has 1 unspecified atom stereocenters. The molecule has 0 amide bonds. The summed E-state index contributed by atoms with van der Waals surface area (Å²) in [6.45, 7) is 2.18. The number of carbonyl (C=O) groups excluding carboxylic acids is 1. The first-order chi connectivity index (χ1) is 14.2. The van der Waals surface area contributed by atoms with Gasteiger partial charge in [0.25, 0.3) is 0 Å². The van der Waals surface area contributed by atoms with Gasteiger partial charge in [0, 0.05) is 25.0 Å². The minimum atomic E-state index is 0.431. The molecule has 0 saturated heterocycles. The van der Waals surface area contributed by atoms with Gasteiger partial charge in [-0.05, 0) is 67.6 Å². The van der Waals surface area contributed by atoms with Gasteiger partial charge in [-0.2, -0.15) is 0 Å². The number of aliphatic imine (C=N–C) groups is 1. The summed E-state index contributed by atoms with van der Waals surface area (Å²) in [5.74, 6) is 1.46. The second kappa shape index (κ2) is 9.52. The second-order valence-corrected chi connectivity index (χ2v) is 8.87. The molecule has 0 radical (unpaired) electrons. The predicted molar refractivity (Wildman–Crippen MR) is 121 cm³/mol. The molecule has 2 aliphatic carbocycles. The predicted octanol–water partition coefficient (Wildman–Crippen LogP) is 6.56. The van der Waals surface area contributed by atoms with Gasteiger partial charge in [-0.3, -0.25) is 9.79 Å². The highest BCUT2D eigenvalue weighted by atomic mass is 16.1. The molecule has 0 bridgehead atoms. The van der Waals surface area contributed by atoms with Gasteiger partial charge in [-0.1, -0.05) is 61.4 Å². The van der Waals surface area contributed by atoms with Crippen LogP contribution in [0.25, 0.3) is 0 Å². The number of rotatable bonds is 7. The highest BCUT2D eigenvalue weighted by molar-refractivity contribution is 6.06. The maximum atomic E-state index is 12.7. The molecule has 1 aromatic carbocycles. The number of hydrogen-bond donors (Lipinski definition) is 0. The van der Waals surface area contributed by atoms with Crippen LogP contribution in [0.2, 0.25) is 0 Å². The molecule has 2 nitrogen and oxygen atoms in total. The molecule has 4 rings (SSSR count). The van der Waals surface area contributed by atoms with Crippen molar-refractivity contribution in [2.45, 2.75) is 71.1 Å². The zero-order chi connectivity index (χ0) is 20.1. The lowest BCUT2D eigenvalue weighted by Crippen LogP contribution is -2.25. The molecule has 1 saturated carbocycles. The van der Waals surface area contributed by atoms with Crippen LogP contribution in [-0.4, -0.2) is 11.5 Å². The molecule has 1 aliphatic heterocycles. The summed E-state index contributed by atoms with van der Waals surface area (Å²) in [4.78, 5) is 17.5. The van der Waals surface area contributed by atoms with E-state index in [0.717, 1.165) is 38.5 Å². The Balaban J connectivity index is 1.33. The SMILES string of the molecule is CCc1cccc(CCC(=O)C[C@@H]2CCCC(C3=NC=CCC4=C3C=CC4)C2)c1. The number of nitrogens with zero attached hydrogens (tertiary/aromatic N) is 1. The highest BCUT2D eigenvalue weighted by Crippen LogP contribution is 2.37. The topological polar surface area (TPSA) is 29.4 Å². The minimum Gasteiger partial charge on any atom is -0.300 e. The van der Waals surface area contributed by atoms with Crippen molar-refractivity contribution in [2.24, 2.45) is 16.8 Å². The first-order valence-electron chi connectivity index (χ1n) is 11.4. The summed E-state index contributed by atoms with van der Waals surface area (Å²) in [6, 6.07) is 8.69. The Labute approximate surface area is 175 Å². The van der Waals surface area contributed by atoms with Crippen molar-refractivity contribution in [3.63, 3.8) is 0 Å². The van der Waals surface area contributed by atoms with Gasteiger partial charge >= 0.3 is 0 Å². The van der Waals surface area contributed by atoms with Gasteiger partial charge in [0.05, 0.1) is 5.71 Å². The van der Waals surface area contributed by atoms with E-state index in [-0.39, 0.29) is 0 Å². The normalized spacial score (nSPS) is 23.7. The van der Waals surface area contributed by atoms with E-state index in [2.05, 4.69) is 49.4 Å². The van der Waals surface area contributed by atoms with Crippen molar-refractivity contribution in [2.75, 3.05) is 0 Å². The number of hydrogen-bond acceptors (Lipinski definition) is 2. The fraction of sp³-hybridized carbons (Fsp3) is 0.481. The fourth-order valence-electron chi connectivity index (χ4n) is 5.17. The third-order valence-corrected chi connectivity index (χ3v) is 6.77. The van der Waals surface area contributed by atoms with Crippen molar-refractivity contribution >= 4 is 11.5 Å². The fourth-order valence-corrected chi connectivity index (χ4v) is 5.17. The summed E-state index contributed by atoms with van der Waals surface area (Å²) in [5, 5.41) is 0. The lowest BCUT2D eigenvalue weighted by Gasteiger charge is -2.30. The van der Waals surface area contributed by atoms with Crippen molar-refractivity contribution < 1.29 is 4.79 Å². The zero-order valence-corrected chi connectivity index (χ0v) is 17.7. The van der Waals surface area contributed by atoms with E-state index in [4.69, 9.17) is 4.99 Å². The van der Waals surface area contributed by atoms with E-state index in [1.807, 2.05) is 6.20 Å². The van der Waals surface area contributed by atoms with E-state index >= 15 is 0 Å². The second-order valence-electron chi connectivity index (χ2n) is 8.87. The first-order valence-corrected chi connectivity index (χ1v) is 11.4. The summed E-state index contributed by atoms with van der Waals surface area (Å²) in [6.07, 6.45) is 18.9. The molecule has 152 valence electrons. The van der Waals surface area contributed by atoms with Crippen LogP contribution in [0.4, 0.5) is 0 Å². The molecule has 3 aliphatic rings. The van der Waals surface area contributed by atoms with E-state index in [0.29, 0.717) is 24.0 Å². The van der Waals surface area contributed by atoms with Crippen LogP contribution >= 0.6 is 0 Å². The van der Waals surface area contributed by atoms with Gasteiger partial charge in [-0.15, -0.1) is 0 Å². The van der Waals surface area contributed by atoms with Gasteiger partial charge in [0.2, 0.25) is 0 Å². The monoisotopic (exact) mass is 387 g/mol. The lowest BCUT2D eigenvalue weighted by atomic mass is 9.75. The van der Waals surface area contributed by atoms with Crippen LogP contribution in [-0.2, 0) is 17.6 Å². The van der Waals surface area contributed by atoms with Crippen LogP contribution in [0.15, 0.2) is 64.8 Å². The number of benzene rings is 1. The molecule has 2 heteroatoms. The van der Waals surface area contributed by atoms with E-state index in [1.165, 1.54) is 47.2 Å². The van der Waals surface area contributed by atoms with E-state index in [9.17, 15) is 4.79 Å². The Morgan fingerprint density at radius 1 is 1.14 bits per heavy atom. The van der Waals surface area contributed by atoms with Crippen molar-refractivity contribution in [1.82, 2.24) is 0 Å². The molecule has 1 fully saturated rings. The first kappa shape index (κ1) is 20.1. The number of Topliss-reactive ketones (excluding diaryl/α,β-unsaturated/α-hetero) is 1. The molecule has 2 atom stereocenters. The summed E-state index contributed by atoms with van der Waals surface area (Å²) in [7, 11) is 0. The van der Waals surface area contributed by atoms with E-state index < -0.39 is 0 Å². The molecule has 0 aromatic heterocycles. The average Bonchev–Trinajstić information content (AvgIpc) is 3.11. The lowest BCUT2D eigenvalue weighted by molar-refractivity contribution is -0.120. The third kappa shape index (κ3) is 5.04. The third-order valence-electron chi connectivity index (χ3n) is 6.77. The Morgan fingerprint density at radius 3 is 2.90 bits per heavy atom.